The second kappa shape index (κ2) is 8.87. The molecule has 2 heterocycles. The number of hydrogen-bond acceptors (Lipinski definition) is 4. The molecule has 1 saturated heterocycles. The summed E-state index contributed by atoms with van der Waals surface area (Å²) in [7, 11) is 0. The summed E-state index contributed by atoms with van der Waals surface area (Å²) in [5.41, 5.74) is 3.81. The summed E-state index contributed by atoms with van der Waals surface area (Å²) in [6.07, 6.45) is 4.67. The number of aryl methyl sites for hydroxylation is 2. The second-order valence-corrected chi connectivity index (χ2v) is 7.31. The van der Waals surface area contributed by atoms with Crippen LogP contribution in [-0.2, 0) is 4.79 Å². The highest BCUT2D eigenvalue weighted by Gasteiger charge is 2.24. The third-order valence-electron chi connectivity index (χ3n) is 5.32. The van der Waals surface area contributed by atoms with Gasteiger partial charge in [0.1, 0.15) is 5.75 Å². The first-order chi connectivity index (χ1) is 13.5. The van der Waals surface area contributed by atoms with Crippen LogP contribution in [0, 0.1) is 20.8 Å². The fourth-order valence-electron chi connectivity index (χ4n) is 3.41. The number of likely N-dealkylation sites (tertiary alicyclic amines) is 1. The highest BCUT2D eigenvalue weighted by molar-refractivity contribution is 5.94. The van der Waals surface area contributed by atoms with Gasteiger partial charge < -0.3 is 15.0 Å². The average molecular weight is 381 g/mol. The average Bonchev–Trinajstić information content (AvgIpc) is 2.72. The molecule has 0 saturated carbocycles. The van der Waals surface area contributed by atoms with Gasteiger partial charge in [-0.3, -0.25) is 14.6 Å². The van der Waals surface area contributed by atoms with Crippen LogP contribution in [0.2, 0.25) is 0 Å². The Balaban J connectivity index is 1.48. The lowest BCUT2D eigenvalue weighted by Gasteiger charge is -2.32. The topological polar surface area (TPSA) is 71.5 Å². The highest BCUT2D eigenvalue weighted by atomic mass is 16.5. The van der Waals surface area contributed by atoms with Crippen LogP contribution in [0.15, 0.2) is 36.7 Å². The Kier molecular flexibility index (Phi) is 6.29. The van der Waals surface area contributed by atoms with Crippen molar-refractivity contribution in [2.45, 2.75) is 39.7 Å². The van der Waals surface area contributed by atoms with Gasteiger partial charge in [0.15, 0.2) is 6.61 Å². The maximum atomic E-state index is 12.5. The van der Waals surface area contributed by atoms with Crippen molar-refractivity contribution in [3.8, 4) is 5.75 Å². The number of hydrogen-bond donors (Lipinski definition) is 1. The normalized spacial score (nSPS) is 14.6. The minimum Gasteiger partial charge on any atom is -0.483 e. The summed E-state index contributed by atoms with van der Waals surface area (Å²) in [4.78, 5) is 30.5. The highest BCUT2D eigenvalue weighted by Crippen LogP contribution is 2.25. The lowest BCUT2D eigenvalue weighted by atomic mass is 10.0. The van der Waals surface area contributed by atoms with Crippen molar-refractivity contribution in [1.29, 1.82) is 0 Å². The van der Waals surface area contributed by atoms with E-state index < -0.39 is 0 Å². The molecule has 148 valence electrons. The molecule has 1 N–H and O–H groups in total. The van der Waals surface area contributed by atoms with E-state index >= 15 is 0 Å². The first-order valence-corrected chi connectivity index (χ1v) is 9.64. The molecule has 0 spiro atoms. The molecule has 0 radical (unpaired) electrons. The van der Waals surface area contributed by atoms with Gasteiger partial charge in [0.05, 0.1) is 5.56 Å². The number of amides is 2. The number of rotatable bonds is 5. The van der Waals surface area contributed by atoms with E-state index in [1.165, 1.54) is 0 Å². The fraction of sp³-hybridized carbons (Fsp3) is 0.409. The maximum Gasteiger partial charge on any atom is 0.260 e. The third kappa shape index (κ3) is 4.68. The SMILES string of the molecule is Cc1ccc(C)c(OCC(=O)N2CCC(NC(=O)c3cccnc3)CC2)c1C. The van der Waals surface area contributed by atoms with Crippen molar-refractivity contribution in [3.63, 3.8) is 0 Å². The Morgan fingerprint density at radius 1 is 1.14 bits per heavy atom. The molecule has 6 heteroatoms. The number of aromatic nitrogens is 1. The van der Waals surface area contributed by atoms with Crippen molar-refractivity contribution in [2.75, 3.05) is 19.7 Å². The van der Waals surface area contributed by atoms with Gasteiger partial charge in [-0.2, -0.15) is 0 Å². The first-order valence-electron chi connectivity index (χ1n) is 9.64. The van der Waals surface area contributed by atoms with Gasteiger partial charge >= 0.3 is 0 Å². The van der Waals surface area contributed by atoms with Gasteiger partial charge in [-0.25, -0.2) is 0 Å². The number of ether oxygens (including phenoxy) is 1. The monoisotopic (exact) mass is 381 g/mol. The Labute approximate surface area is 165 Å². The summed E-state index contributed by atoms with van der Waals surface area (Å²) in [5, 5.41) is 3.03. The van der Waals surface area contributed by atoms with Gasteiger partial charge in [0.25, 0.3) is 11.8 Å². The van der Waals surface area contributed by atoms with E-state index in [9.17, 15) is 9.59 Å². The molecule has 2 amide bonds. The van der Waals surface area contributed by atoms with Crippen molar-refractivity contribution < 1.29 is 14.3 Å². The summed E-state index contributed by atoms with van der Waals surface area (Å²) in [5.74, 6) is 0.663. The van der Waals surface area contributed by atoms with E-state index in [2.05, 4.69) is 16.4 Å². The molecule has 0 atom stereocenters. The molecule has 1 aliphatic rings. The quantitative estimate of drug-likeness (QED) is 0.865. The number of piperidine rings is 1. The Morgan fingerprint density at radius 3 is 2.54 bits per heavy atom. The molecule has 2 aromatic rings. The zero-order chi connectivity index (χ0) is 20.1. The van der Waals surface area contributed by atoms with Gasteiger partial charge in [-0.05, 0) is 62.4 Å². The van der Waals surface area contributed by atoms with E-state index in [4.69, 9.17) is 4.74 Å². The molecular weight excluding hydrogens is 354 g/mol. The third-order valence-corrected chi connectivity index (χ3v) is 5.32. The number of pyridine rings is 1. The molecular formula is C22H27N3O3. The number of nitrogens with zero attached hydrogens (tertiary/aromatic N) is 2. The van der Waals surface area contributed by atoms with Crippen molar-refractivity contribution in [1.82, 2.24) is 15.2 Å². The van der Waals surface area contributed by atoms with Gasteiger partial charge in [-0.15, -0.1) is 0 Å². The molecule has 1 aromatic carbocycles. The standard InChI is InChI=1S/C22H27N3O3/c1-15-6-7-16(2)21(17(15)3)28-14-20(26)25-11-8-19(9-12-25)24-22(27)18-5-4-10-23-13-18/h4-7,10,13,19H,8-9,11-12,14H2,1-3H3,(H,24,27). The van der Waals surface area contributed by atoms with Crippen LogP contribution in [0.25, 0.3) is 0 Å². The molecule has 3 rings (SSSR count). The van der Waals surface area contributed by atoms with Gasteiger partial charge in [-0.1, -0.05) is 12.1 Å². The number of carbonyl (C=O) groups excluding carboxylic acids is 2. The second-order valence-electron chi connectivity index (χ2n) is 7.31. The predicted molar refractivity (Wildman–Crippen MR) is 107 cm³/mol. The largest absolute Gasteiger partial charge is 0.483 e. The fourth-order valence-corrected chi connectivity index (χ4v) is 3.41. The Morgan fingerprint density at radius 2 is 1.86 bits per heavy atom. The Hall–Kier alpha value is -2.89. The Bertz CT molecular complexity index is 844. The molecule has 1 aromatic heterocycles. The maximum absolute atomic E-state index is 12.5. The van der Waals surface area contributed by atoms with E-state index in [-0.39, 0.29) is 24.5 Å². The van der Waals surface area contributed by atoms with Crippen LogP contribution in [0.3, 0.4) is 0 Å². The summed E-state index contributed by atoms with van der Waals surface area (Å²) in [6.45, 7) is 7.31. The summed E-state index contributed by atoms with van der Waals surface area (Å²) < 4.78 is 5.84. The van der Waals surface area contributed by atoms with Crippen molar-refractivity contribution >= 4 is 11.8 Å². The smallest absolute Gasteiger partial charge is 0.260 e. The summed E-state index contributed by atoms with van der Waals surface area (Å²) in [6, 6.07) is 7.63. The van der Waals surface area contributed by atoms with E-state index in [0.29, 0.717) is 18.7 Å². The van der Waals surface area contributed by atoms with E-state index in [0.717, 1.165) is 35.3 Å². The van der Waals surface area contributed by atoms with Gasteiger partial charge in [0, 0.05) is 31.5 Å². The molecule has 6 nitrogen and oxygen atoms in total. The lowest BCUT2D eigenvalue weighted by Crippen LogP contribution is -2.47. The van der Waals surface area contributed by atoms with Crippen LogP contribution in [0.1, 0.15) is 39.9 Å². The van der Waals surface area contributed by atoms with E-state index in [1.807, 2.05) is 31.7 Å². The molecule has 0 bridgehead atoms. The number of benzene rings is 1. The first kappa shape index (κ1) is 19.9. The number of nitrogens with one attached hydrogen (secondary N) is 1. The zero-order valence-corrected chi connectivity index (χ0v) is 16.7. The molecule has 0 aliphatic carbocycles. The van der Waals surface area contributed by atoms with Gasteiger partial charge in [0.2, 0.25) is 0 Å². The van der Waals surface area contributed by atoms with Crippen molar-refractivity contribution in [2.24, 2.45) is 0 Å². The minimum atomic E-state index is -0.119. The van der Waals surface area contributed by atoms with E-state index in [1.54, 1.807) is 24.5 Å². The lowest BCUT2D eigenvalue weighted by molar-refractivity contribution is -0.134. The van der Waals surface area contributed by atoms with Crippen molar-refractivity contribution in [3.05, 3.63) is 58.9 Å². The minimum absolute atomic E-state index is 0.0163. The summed E-state index contributed by atoms with van der Waals surface area (Å²) >= 11 is 0. The predicted octanol–water partition coefficient (Wildman–Crippen LogP) is 2.81. The number of carbonyl (C=O) groups is 2. The van der Waals surface area contributed by atoms with Crippen LogP contribution in [0.5, 0.6) is 5.75 Å². The van der Waals surface area contributed by atoms with Crippen LogP contribution < -0.4 is 10.1 Å². The molecule has 28 heavy (non-hydrogen) atoms. The zero-order valence-electron chi connectivity index (χ0n) is 16.7. The molecule has 1 fully saturated rings. The van der Waals surface area contributed by atoms with Crippen LogP contribution >= 0.6 is 0 Å². The molecule has 1 aliphatic heterocycles. The van der Waals surface area contributed by atoms with Crippen LogP contribution in [-0.4, -0.2) is 47.4 Å². The van der Waals surface area contributed by atoms with Crippen LogP contribution in [0.4, 0.5) is 0 Å². The molecule has 0 unspecified atom stereocenters.